The van der Waals surface area contributed by atoms with Crippen molar-refractivity contribution in [2.75, 3.05) is 10.6 Å². The summed E-state index contributed by atoms with van der Waals surface area (Å²) in [5, 5.41) is 12.4. The van der Waals surface area contributed by atoms with Crippen molar-refractivity contribution in [3.05, 3.63) is 75.4 Å². The highest BCUT2D eigenvalue weighted by molar-refractivity contribution is 7.80. The van der Waals surface area contributed by atoms with Gasteiger partial charge in [-0.1, -0.05) is 59.1 Å². The van der Waals surface area contributed by atoms with Gasteiger partial charge in [-0.25, -0.2) is 0 Å². The van der Waals surface area contributed by atoms with Crippen LogP contribution in [0.4, 0.5) is 11.5 Å². The minimum atomic E-state index is 0.368. The number of hydrogen-bond acceptors (Lipinski definition) is 2. The van der Waals surface area contributed by atoms with Gasteiger partial charge in [0.25, 0.3) is 0 Å². The maximum atomic E-state index is 6.17. The summed E-state index contributed by atoms with van der Waals surface area (Å²) in [6.45, 7) is 0.571. The van der Waals surface area contributed by atoms with E-state index in [1.807, 2.05) is 36.5 Å². The molecule has 0 unspecified atom stereocenters. The lowest BCUT2D eigenvalue weighted by molar-refractivity contribution is 0.690. The predicted molar refractivity (Wildman–Crippen MR) is 109 cm³/mol. The third-order valence-electron chi connectivity index (χ3n) is 3.37. The van der Waals surface area contributed by atoms with E-state index in [-0.39, 0.29) is 0 Å². The molecular weight excluding hydrogens is 399 g/mol. The summed E-state index contributed by atoms with van der Waals surface area (Å²) in [5.41, 5.74) is 1.62. The molecule has 4 nitrogen and oxygen atoms in total. The van der Waals surface area contributed by atoms with Crippen LogP contribution in [0.2, 0.25) is 15.1 Å². The standard InChI is InChI=1S/C17H13Cl3N4S/c18-12-5-2-1-4-11(12)10-24-9-8-15(23-24)22-17(25)21-14-7-3-6-13(19)16(14)20/h1-9H,10H2,(H2,21,22,23,25). The van der Waals surface area contributed by atoms with E-state index in [2.05, 4.69) is 15.7 Å². The van der Waals surface area contributed by atoms with Gasteiger partial charge >= 0.3 is 0 Å². The first-order valence-electron chi connectivity index (χ1n) is 7.32. The van der Waals surface area contributed by atoms with Crippen molar-refractivity contribution >= 4 is 63.6 Å². The Balaban J connectivity index is 1.64. The molecule has 0 aliphatic carbocycles. The first-order chi connectivity index (χ1) is 12.0. The van der Waals surface area contributed by atoms with E-state index in [4.69, 9.17) is 47.0 Å². The van der Waals surface area contributed by atoms with Crippen molar-refractivity contribution in [1.29, 1.82) is 0 Å². The number of hydrogen-bond donors (Lipinski definition) is 2. The quantitative estimate of drug-likeness (QED) is 0.540. The smallest absolute Gasteiger partial charge is 0.176 e. The molecule has 25 heavy (non-hydrogen) atoms. The second-order valence-electron chi connectivity index (χ2n) is 5.17. The lowest BCUT2D eigenvalue weighted by atomic mass is 10.2. The van der Waals surface area contributed by atoms with Gasteiger partial charge in [0.15, 0.2) is 10.9 Å². The molecule has 0 saturated carbocycles. The predicted octanol–water partition coefficient (Wildman–Crippen LogP) is 5.70. The van der Waals surface area contributed by atoms with Crippen LogP contribution in [0.1, 0.15) is 5.56 Å². The third-order valence-corrected chi connectivity index (χ3v) is 4.76. The molecule has 3 aromatic rings. The Morgan fingerprint density at radius 3 is 2.52 bits per heavy atom. The van der Waals surface area contributed by atoms with Crippen molar-refractivity contribution in [2.24, 2.45) is 0 Å². The Hall–Kier alpha value is -1.79. The van der Waals surface area contributed by atoms with E-state index in [0.717, 1.165) is 5.56 Å². The Morgan fingerprint density at radius 2 is 1.72 bits per heavy atom. The summed E-state index contributed by atoms with van der Waals surface area (Å²) < 4.78 is 1.78. The molecule has 0 atom stereocenters. The molecule has 2 aromatic carbocycles. The summed E-state index contributed by atoms with van der Waals surface area (Å²) in [4.78, 5) is 0. The molecule has 0 bridgehead atoms. The molecule has 0 amide bonds. The topological polar surface area (TPSA) is 41.9 Å². The number of nitrogens with one attached hydrogen (secondary N) is 2. The number of thiocarbonyl (C=S) groups is 1. The molecule has 128 valence electrons. The van der Waals surface area contributed by atoms with Gasteiger partial charge in [0, 0.05) is 17.3 Å². The Kier molecular flexibility index (Phi) is 5.81. The van der Waals surface area contributed by atoms with Crippen molar-refractivity contribution in [3.8, 4) is 0 Å². The number of benzene rings is 2. The number of anilines is 2. The maximum absolute atomic E-state index is 6.17. The Morgan fingerprint density at radius 1 is 0.960 bits per heavy atom. The summed E-state index contributed by atoms with van der Waals surface area (Å²) >= 11 is 23.6. The van der Waals surface area contributed by atoms with Crippen LogP contribution >= 0.6 is 47.0 Å². The van der Waals surface area contributed by atoms with Crippen LogP contribution in [0.15, 0.2) is 54.7 Å². The van der Waals surface area contributed by atoms with Gasteiger partial charge in [-0.05, 0) is 36.0 Å². The summed E-state index contributed by atoms with van der Waals surface area (Å²) in [7, 11) is 0. The minimum absolute atomic E-state index is 0.368. The fourth-order valence-corrected chi connectivity index (χ4v) is 2.95. The van der Waals surface area contributed by atoms with Crippen LogP contribution in [-0.4, -0.2) is 14.9 Å². The lowest BCUT2D eigenvalue weighted by Crippen LogP contribution is -2.19. The molecule has 3 rings (SSSR count). The molecular formula is C17H13Cl3N4S. The van der Waals surface area contributed by atoms with E-state index in [0.29, 0.717) is 38.2 Å². The zero-order valence-corrected chi connectivity index (χ0v) is 15.9. The summed E-state index contributed by atoms with van der Waals surface area (Å²) in [5.74, 6) is 0.614. The third kappa shape index (κ3) is 4.64. The monoisotopic (exact) mass is 410 g/mol. The number of aromatic nitrogens is 2. The minimum Gasteiger partial charge on any atom is -0.331 e. The van der Waals surface area contributed by atoms with Crippen LogP contribution in [-0.2, 0) is 6.54 Å². The maximum Gasteiger partial charge on any atom is 0.176 e. The molecule has 1 aromatic heterocycles. The normalized spacial score (nSPS) is 10.5. The average molecular weight is 412 g/mol. The van der Waals surface area contributed by atoms with E-state index in [1.165, 1.54) is 0 Å². The molecule has 0 radical (unpaired) electrons. The average Bonchev–Trinajstić information content (AvgIpc) is 3.01. The molecule has 0 aliphatic rings. The lowest BCUT2D eigenvalue weighted by Gasteiger charge is -2.10. The van der Waals surface area contributed by atoms with Crippen LogP contribution in [0.5, 0.6) is 0 Å². The van der Waals surface area contributed by atoms with Crippen LogP contribution < -0.4 is 10.6 Å². The van der Waals surface area contributed by atoms with Crippen LogP contribution in [0.25, 0.3) is 0 Å². The second kappa shape index (κ2) is 8.06. The van der Waals surface area contributed by atoms with Gasteiger partial charge in [-0.15, -0.1) is 0 Å². The van der Waals surface area contributed by atoms with E-state index in [9.17, 15) is 0 Å². The molecule has 1 heterocycles. The fraction of sp³-hybridized carbons (Fsp3) is 0.0588. The van der Waals surface area contributed by atoms with Gasteiger partial charge < -0.3 is 10.6 Å². The summed E-state index contributed by atoms with van der Waals surface area (Å²) in [6.07, 6.45) is 1.85. The SMILES string of the molecule is S=C(Nc1ccn(Cc2ccccc2Cl)n1)Nc1cccc(Cl)c1Cl. The summed E-state index contributed by atoms with van der Waals surface area (Å²) in [6, 6.07) is 14.8. The van der Waals surface area contributed by atoms with E-state index in [1.54, 1.807) is 22.9 Å². The Labute approximate surface area is 165 Å². The highest BCUT2D eigenvalue weighted by Crippen LogP contribution is 2.29. The Bertz CT molecular complexity index is 910. The van der Waals surface area contributed by atoms with Gasteiger partial charge in [0.2, 0.25) is 0 Å². The van der Waals surface area contributed by atoms with Gasteiger partial charge in [-0.3, -0.25) is 4.68 Å². The van der Waals surface area contributed by atoms with Crippen molar-refractivity contribution < 1.29 is 0 Å². The molecule has 8 heteroatoms. The molecule has 0 aliphatic heterocycles. The fourth-order valence-electron chi connectivity index (χ4n) is 2.19. The zero-order chi connectivity index (χ0) is 17.8. The van der Waals surface area contributed by atoms with E-state index < -0.39 is 0 Å². The van der Waals surface area contributed by atoms with Crippen molar-refractivity contribution in [1.82, 2.24) is 9.78 Å². The highest BCUT2D eigenvalue weighted by atomic mass is 35.5. The zero-order valence-electron chi connectivity index (χ0n) is 12.8. The first kappa shape index (κ1) is 18.0. The molecule has 0 fully saturated rings. The van der Waals surface area contributed by atoms with Crippen molar-refractivity contribution in [2.45, 2.75) is 6.54 Å². The van der Waals surface area contributed by atoms with Gasteiger partial charge in [-0.2, -0.15) is 5.10 Å². The van der Waals surface area contributed by atoms with Gasteiger partial charge in [0.05, 0.1) is 22.3 Å². The largest absolute Gasteiger partial charge is 0.331 e. The molecule has 0 saturated heterocycles. The first-order valence-corrected chi connectivity index (χ1v) is 8.86. The highest BCUT2D eigenvalue weighted by Gasteiger charge is 2.08. The second-order valence-corrected chi connectivity index (χ2v) is 6.77. The number of halogens is 3. The molecule has 0 spiro atoms. The number of rotatable bonds is 4. The van der Waals surface area contributed by atoms with Crippen LogP contribution in [0.3, 0.4) is 0 Å². The van der Waals surface area contributed by atoms with E-state index >= 15 is 0 Å². The van der Waals surface area contributed by atoms with Crippen molar-refractivity contribution in [3.63, 3.8) is 0 Å². The number of nitrogens with zero attached hydrogens (tertiary/aromatic N) is 2. The van der Waals surface area contributed by atoms with Crippen LogP contribution in [0, 0.1) is 0 Å². The van der Waals surface area contributed by atoms with Gasteiger partial charge in [0.1, 0.15) is 0 Å². The molecule has 2 N–H and O–H groups in total.